The van der Waals surface area contributed by atoms with Gasteiger partial charge < -0.3 is 5.32 Å². The second-order valence-electron chi connectivity index (χ2n) is 4.42. The van der Waals surface area contributed by atoms with Crippen molar-refractivity contribution in [2.75, 3.05) is 10.2 Å². The van der Waals surface area contributed by atoms with Crippen LogP contribution in [0.5, 0.6) is 0 Å². The molecule has 6 heteroatoms. The first-order chi connectivity index (χ1) is 10.1. The second kappa shape index (κ2) is 6.05. The molecule has 0 bridgehead atoms. The van der Waals surface area contributed by atoms with E-state index in [2.05, 4.69) is 5.32 Å². The van der Waals surface area contributed by atoms with Crippen LogP contribution in [0.3, 0.4) is 0 Å². The van der Waals surface area contributed by atoms with Crippen LogP contribution in [0.4, 0.5) is 11.4 Å². The number of para-hydroxylation sites is 1. The van der Waals surface area contributed by atoms with Crippen LogP contribution in [0.2, 0.25) is 5.02 Å². The molecule has 2 aromatic rings. The van der Waals surface area contributed by atoms with Crippen LogP contribution in [0, 0.1) is 0 Å². The molecule has 1 fully saturated rings. The summed E-state index contributed by atoms with van der Waals surface area (Å²) in [6.07, 6.45) is 0. The number of halogens is 1. The molecule has 2 aromatic carbocycles. The molecule has 1 aliphatic rings. The van der Waals surface area contributed by atoms with E-state index in [0.717, 1.165) is 11.4 Å². The lowest BCUT2D eigenvalue weighted by Crippen LogP contribution is -2.34. The summed E-state index contributed by atoms with van der Waals surface area (Å²) in [7, 11) is 0. The lowest BCUT2D eigenvalue weighted by atomic mass is 10.3. The van der Waals surface area contributed by atoms with Crippen molar-refractivity contribution in [3.63, 3.8) is 0 Å². The van der Waals surface area contributed by atoms with Crippen molar-refractivity contribution in [3.8, 4) is 0 Å². The Hall–Kier alpha value is -1.56. The molecule has 0 radical (unpaired) electrons. The third kappa shape index (κ3) is 3.05. The fourth-order valence-electron chi connectivity index (χ4n) is 2.01. The first-order valence-electron chi connectivity index (χ1n) is 6.27. The number of thiocarbonyl (C=S) groups is 1. The van der Waals surface area contributed by atoms with Crippen LogP contribution in [-0.4, -0.2) is 15.6 Å². The SMILES string of the molecule is O=C1C(Nc2ccc(Cl)cc2)SC(=S)N1c1ccccc1. The number of benzene rings is 2. The number of anilines is 2. The van der Waals surface area contributed by atoms with Gasteiger partial charge in [-0.2, -0.15) is 0 Å². The lowest BCUT2D eigenvalue weighted by molar-refractivity contribution is -0.116. The van der Waals surface area contributed by atoms with Crippen molar-refractivity contribution < 1.29 is 4.79 Å². The van der Waals surface area contributed by atoms with Gasteiger partial charge in [-0.05, 0) is 36.4 Å². The predicted octanol–water partition coefficient (Wildman–Crippen LogP) is 4.14. The van der Waals surface area contributed by atoms with Gasteiger partial charge in [0.25, 0.3) is 5.91 Å². The molecule has 3 rings (SSSR count). The molecule has 0 spiro atoms. The Morgan fingerprint density at radius 2 is 1.76 bits per heavy atom. The van der Waals surface area contributed by atoms with E-state index in [-0.39, 0.29) is 5.91 Å². The molecule has 0 aromatic heterocycles. The summed E-state index contributed by atoms with van der Waals surface area (Å²) in [4.78, 5) is 14.1. The average Bonchev–Trinajstić information content (AvgIpc) is 2.77. The number of thioether (sulfide) groups is 1. The number of amides is 1. The van der Waals surface area contributed by atoms with Crippen molar-refractivity contribution in [1.82, 2.24) is 0 Å². The van der Waals surface area contributed by atoms with Crippen LogP contribution in [0.25, 0.3) is 0 Å². The summed E-state index contributed by atoms with van der Waals surface area (Å²) < 4.78 is 0.553. The Morgan fingerprint density at radius 1 is 1.10 bits per heavy atom. The largest absolute Gasteiger partial charge is 0.365 e. The van der Waals surface area contributed by atoms with Gasteiger partial charge in [-0.15, -0.1) is 0 Å². The van der Waals surface area contributed by atoms with Gasteiger partial charge in [0.15, 0.2) is 5.37 Å². The van der Waals surface area contributed by atoms with Gasteiger partial charge in [-0.25, -0.2) is 0 Å². The minimum absolute atomic E-state index is 0.0638. The Morgan fingerprint density at radius 3 is 2.43 bits per heavy atom. The van der Waals surface area contributed by atoms with Crippen LogP contribution in [-0.2, 0) is 4.79 Å². The first-order valence-corrected chi connectivity index (χ1v) is 7.93. The average molecular weight is 335 g/mol. The van der Waals surface area contributed by atoms with Crippen molar-refractivity contribution in [1.29, 1.82) is 0 Å². The van der Waals surface area contributed by atoms with E-state index in [1.165, 1.54) is 11.8 Å². The number of nitrogens with one attached hydrogen (secondary N) is 1. The topological polar surface area (TPSA) is 32.3 Å². The maximum atomic E-state index is 12.5. The van der Waals surface area contributed by atoms with Gasteiger partial charge in [-0.1, -0.05) is 53.8 Å². The molecule has 1 saturated heterocycles. The molecule has 0 aliphatic carbocycles. The second-order valence-corrected chi connectivity index (χ2v) is 6.60. The summed E-state index contributed by atoms with van der Waals surface area (Å²) in [5.41, 5.74) is 1.63. The zero-order chi connectivity index (χ0) is 14.8. The summed E-state index contributed by atoms with van der Waals surface area (Å²) in [5.74, 6) is -0.0638. The lowest BCUT2D eigenvalue weighted by Gasteiger charge is -2.16. The van der Waals surface area contributed by atoms with Gasteiger partial charge in [-0.3, -0.25) is 9.69 Å². The highest BCUT2D eigenvalue weighted by atomic mass is 35.5. The van der Waals surface area contributed by atoms with E-state index < -0.39 is 5.37 Å². The summed E-state index contributed by atoms with van der Waals surface area (Å²) in [5, 5.41) is 3.42. The van der Waals surface area contributed by atoms with E-state index in [0.29, 0.717) is 9.34 Å². The molecule has 1 N–H and O–H groups in total. The molecule has 21 heavy (non-hydrogen) atoms. The Balaban J connectivity index is 1.79. The normalized spacial score (nSPS) is 18.1. The fraction of sp³-hybridized carbons (Fsp3) is 0.0667. The third-order valence-electron chi connectivity index (χ3n) is 3.00. The van der Waals surface area contributed by atoms with Gasteiger partial charge >= 0.3 is 0 Å². The standard InChI is InChI=1S/C15H11ClN2OS2/c16-10-6-8-11(9-7-10)17-13-14(19)18(15(20)21-13)12-4-2-1-3-5-12/h1-9,13,17H. The zero-order valence-corrected chi connectivity index (χ0v) is 13.2. The van der Waals surface area contributed by atoms with E-state index in [9.17, 15) is 4.79 Å². The van der Waals surface area contributed by atoms with E-state index in [1.54, 1.807) is 17.0 Å². The number of carbonyl (C=O) groups excluding carboxylic acids is 1. The van der Waals surface area contributed by atoms with Crippen molar-refractivity contribution in [2.45, 2.75) is 5.37 Å². The summed E-state index contributed by atoms with van der Waals surface area (Å²) in [6.45, 7) is 0. The summed E-state index contributed by atoms with van der Waals surface area (Å²) >= 11 is 12.5. The van der Waals surface area contributed by atoms with Crippen LogP contribution >= 0.6 is 35.6 Å². The fourth-order valence-corrected chi connectivity index (χ4v) is 3.52. The first kappa shape index (κ1) is 14.4. The molecular formula is C15H11ClN2OS2. The minimum atomic E-state index is -0.418. The van der Waals surface area contributed by atoms with Crippen molar-refractivity contribution >= 4 is 57.2 Å². The molecule has 0 saturated carbocycles. The third-order valence-corrected chi connectivity index (χ3v) is 4.66. The smallest absolute Gasteiger partial charge is 0.266 e. The number of hydrogen-bond acceptors (Lipinski definition) is 4. The molecule has 3 nitrogen and oxygen atoms in total. The monoisotopic (exact) mass is 334 g/mol. The highest BCUT2D eigenvalue weighted by Gasteiger charge is 2.37. The maximum Gasteiger partial charge on any atom is 0.266 e. The highest BCUT2D eigenvalue weighted by Crippen LogP contribution is 2.32. The molecule has 1 amide bonds. The van der Waals surface area contributed by atoms with Gasteiger partial charge in [0, 0.05) is 10.7 Å². The van der Waals surface area contributed by atoms with Gasteiger partial charge in [0.2, 0.25) is 0 Å². The zero-order valence-electron chi connectivity index (χ0n) is 10.8. The molecular weight excluding hydrogens is 324 g/mol. The molecule has 106 valence electrons. The number of nitrogens with zero attached hydrogens (tertiary/aromatic N) is 1. The Bertz CT molecular complexity index is 676. The molecule has 1 atom stereocenters. The van der Waals surface area contributed by atoms with Crippen LogP contribution in [0.1, 0.15) is 0 Å². The minimum Gasteiger partial charge on any atom is -0.365 e. The van der Waals surface area contributed by atoms with Gasteiger partial charge in [0.05, 0.1) is 5.69 Å². The van der Waals surface area contributed by atoms with Crippen molar-refractivity contribution in [2.24, 2.45) is 0 Å². The van der Waals surface area contributed by atoms with Gasteiger partial charge in [0.1, 0.15) is 4.32 Å². The van der Waals surface area contributed by atoms with E-state index >= 15 is 0 Å². The Kier molecular flexibility index (Phi) is 4.14. The van der Waals surface area contributed by atoms with Crippen LogP contribution in [0.15, 0.2) is 54.6 Å². The molecule has 1 heterocycles. The van der Waals surface area contributed by atoms with E-state index in [1.807, 2.05) is 42.5 Å². The quantitative estimate of drug-likeness (QED) is 0.855. The van der Waals surface area contributed by atoms with Crippen molar-refractivity contribution in [3.05, 3.63) is 59.6 Å². The van der Waals surface area contributed by atoms with Crippen LogP contribution < -0.4 is 10.2 Å². The predicted molar refractivity (Wildman–Crippen MR) is 93.0 cm³/mol. The number of hydrogen-bond donors (Lipinski definition) is 1. The van der Waals surface area contributed by atoms with E-state index in [4.69, 9.17) is 23.8 Å². The molecule has 1 aliphatic heterocycles. The molecule has 1 unspecified atom stereocenters. The number of rotatable bonds is 3. The Labute approximate surface area is 137 Å². The highest BCUT2D eigenvalue weighted by molar-refractivity contribution is 8.25. The maximum absolute atomic E-state index is 12.5. The number of carbonyl (C=O) groups is 1. The summed E-state index contributed by atoms with van der Waals surface area (Å²) in [6, 6.07) is 16.7.